The van der Waals surface area contributed by atoms with E-state index < -0.39 is 15.4 Å². The number of thiocarbonyl (C=S) groups is 1. The normalized spacial score (nSPS) is 22.6. The first kappa shape index (κ1) is 18.0. The fourth-order valence-electron chi connectivity index (χ4n) is 2.89. The minimum absolute atomic E-state index is 0.128. The van der Waals surface area contributed by atoms with E-state index in [1.807, 2.05) is 19.1 Å². The van der Waals surface area contributed by atoms with Gasteiger partial charge in [-0.25, -0.2) is 8.42 Å². The number of hydrogen-bond donors (Lipinski definition) is 2. The maximum Gasteiger partial charge on any atom is 0.171 e. The Kier molecular flexibility index (Phi) is 5.52. The standard InChI is InChI=1S/C16H25N3O2S2/c1-4-19(5-2)14-8-6-13(7-9-14)17-15(22)18-16(3)10-11-23(20,21)12-16/h6-9H,4-5,10-12H2,1-3H3,(H2,17,18,22). The lowest BCUT2D eigenvalue weighted by molar-refractivity contribution is 0.474. The highest BCUT2D eigenvalue weighted by Crippen LogP contribution is 2.23. The van der Waals surface area contributed by atoms with Gasteiger partial charge in [-0.2, -0.15) is 0 Å². The number of anilines is 2. The minimum Gasteiger partial charge on any atom is -0.372 e. The second-order valence-electron chi connectivity index (χ2n) is 6.20. The van der Waals surface area contributed by atoms with Crippen molar-refractivity contribution < 1.29 is 8.42 Å². The van der Waals surface area contributed by atoms with Gasteiger partial charge in [0.15, 0.2) is 14.9 Å². The van der Waals surface area contributed by atoms with Crippen LogP contribution in [0.5, 0.6) is 0 Å². The molecule has 2 N–H and O–H groups in total. The quantitative estimate of drug-likeness (QED) is 0.791. The average Bonchev–Trinajstić information content (AvgIpc) is 2.75. The molecule has 1 unspecified atom stereocenters. The number of rotatable bonds is 5. The molecule has 5 nitrogen and oxygen atoms in total. The third kappa shape index (κ3) is 4.81. The summed E-state index contributed by atoms with van der Waals surface area (Å²) in [4.78, 5) is 2.27. The molecule has 128 valence electrons. The van der Waals surface area contributed by atoms with Gasteiger partial charge in [0.1, 0.15) is 0 Å². The van der Waals surface area contributed by atoms with E-state index in [2.05, 4.69) is 41.5 Å². The first-order valence-corrected chi connectivity index (χ1v) is 10.1. The van der Waals surface area contributed by atoms with Gasteiger partial charge < -0.3 is 15.5 Å². The summed E-state index contributed by atoms with van der Waals surface area (Å²) in [5, 5.41) is 6.74. The lowest BCUT2D eigenvalue weighted by atomic mass is 10.0. The van der Waals surface area contributed by atoms with Crippen LogP contribution >= 0.6 is 12.2 Å². The molecule has 2 rings (SSSR count). The van der Waals surface area contributed by atoms with Crippen LogP contribution in [-0.4, -0.2) is 43.7 Å². The van der Waals surface area contributed by atoms with Crippen molar-refractivity contribution in [3.63, 3.8) is 0 Å². The molecule has 0 aliphatic carbocycles. The van der Waals surface area contributed by atoms with Gasteiger partial charge in [0.25, 0.3) is 0 Å². The number of nitrogens with zero attached hydrogens (tertiary/aromatic N) is 1. The van der Waals surface area contributed by atoms with Crippen molar-refractivity contribution in [3.8, 4) is 0 Å². The van der Waals surface area contributed by atoms with E-state index in [1.54, 1.807) is 0 Å². The van der Waals surface area contributed by atoms with Gasteiger partial charge >= 0.3 is 0 Å². The van der Waals surface area contributed by atoms with Crippen LogP contribution in [0.4, 0.5) is 11.4 Å². The van der Waals surface area contributed by atoms with E-state index in [0.717, 1.165) is 18.8 Å². The van der Waals surface area contributed by atoms with Gasteiger partial charge in [-0.1, -0.05) is 0 Å². The summed E-state index contributed by atoms with van der Waals surface area (Å²) in [7, 11) is -2.95. The van der Waals surface area contributed by atoms with Crippen LogP contribution in [0.2, 0.25) is 0 Å². The molecule has 0 bridgehead atoms. The lowest BCUT2D eigenvalue weighted by Crippen LogP contribution is -2.48. The summed E-state index contributed by atoms with van der Waals surface area (Å²) in [5.41, 5.74) is 1.58. The Balaban J connectivity index is 1.96. The van der Waals surface area contributed by atoms with Gasteiger partial charge in [0, 0.05) is 24.5 Å². The molecular formula is C16H25N3O2S2. The highest BCUT2D eigenvalue weighted by atomic mass is 32.2. The van der Waals surface area contributed by atoms with Gasteiger partial charge in [-0.15, -0.1) is 0 Å². The number of benzene rings is 1. The van der Waals surface area contributed by atoms with Crippen molar-refractivity contribution in [3.05, 3.63) is 24.3 Å². The highest BCUT2D eigenvalue weighted by Gasteiger charge is 2.38. The molecule has 1 saturated heterocycles. The SMILES string of the molecule is CCN(CC)c1ccc(NC(=S)NC2(C)CCS(=O)(=O)C2)cc1. The summed E-state index contributed by atoms with van der Waals surface area (Å²) in [6.45, 7) is 8.09. The van der Waals surface area contributed by atoms with Crippen molar-refractivity contribution in [2.24, 2.45) is 0 Å². The smallest absolute Gasteiger partial charge is 0.171 e. The summed E-state index contributed by atoms with van der Waals surface area (Å²) >= 11 is 5.32. The van der Waals surface area contributed by atoms with Crippen LogP contribution in [-0.2, 0) is 9.84 Å². The summed E-state index contributed by atoms with van der Waals surface area (Å²) in [6.07, 6.45) is 0.581. The maximum absolute atomic E-state index is 11.6. The van der Waals surface area contributed by atoms with Gasteiger partial charge in [-0.05, 0) is 63.7 Å². The van der Waals surface area contributed by atoms with Crippen molar-refractivity contribution in [1.29, 1.82) is 0 Å². The molecule has 1 aliphatic rings. The topological polar surface area (TPSA) is 61.4 Å². The number of sulfone groups is 1. The third-order valence-corrected chi connectivity index (χ3v) is 6.28. The predicted molar refractivity (Wildman–Crippen MR) is 101 cm³/mol. The Morgan fingerprint density at radius 1 is 1.26 bits per heavy atom. The number of nitrogens with one attached hydrogen (secondary N) is 2. The zero-order valence-corrected chi connectivity index (χ0v) is 15.6. The fraction of sp³-hybridized carbons (Fsp3) is 0.562. The second-order valence-corrected chi connectivity index (χ2v) is 8.79. The lowest BCUT2D eigenvalue weighted by Gasteiger charge is -2.26. The first-order valence-electron chi connectivity index (χ1n) is 7.91. The van der Waals surface area contributed by atoms with E-state index in [4.69, 9.17) is 12.2 Å². The number of hydrogen-bond acceptors (Lipinski definition) is 4. The molecule has 1 fully saturated rings. The van der Waals surface area contributed by atoms with Crippen LogP contribution in [0.3, 0.4) is 0 Å². The largest absolute Gasteiger partial charge is 0.372 e. The van der Waals surface area contributed by atoms with Crippen molar-refractivity contribution >= 4 is 38.5 Å². The molecule has 0 aromatic heterocycles. The molecular weight excluding hydrogens is 330 g/mol. The molecule has 1 aromatic rings. The Hall–Kier alpha value is -1.34. The van der Waals surface area contributed by atoms with E-state index in [1.165, 1.54) is 5.69 Å². The van der Waals surface area contributed by atoms with E-state index in [9.17, 15) is 8.42 Å². The molecule has 1 aromatic carbocycles. The third-order valence-electron chi connectivity index (χ3n) is 4.17. The zero-order valence-electron chi connectivity index (χ0n) is 13.9. The van der Waals surface area contributed by atoms with Crippen molar-refractivity contribution in [1.82, 2.24) is 5.32 Å². The Morgan fingerprint density at radius 3 is 2.35 bits per heavy atom. The molecule has 0 amide bonds. The van der Waals surface area contributed by atoms with E-state index in [0.29, 0.717) is 11.5 Å². The van der Waals surface area contributed by atoms with Gasteiger partial charge in [-0.3, -0.25) is 0 Å². The predicted octanol–water partition coefficient (Wildman–Crippen LogP) is 2.40. The summed E-state index contributed by atoms with van der Waals surface area (Å²) in [6, 6.07) is 8.07. The van der Waals surface area contributed by atoms with Crippen LogP contribution in [0.15, 0.2) is 24.3 Å². The van der Waals surface area contributed by atoms with Crippen LogP contribution in [0.25, 0.3) is 0 Å². The van der Waals surface area contributed by atoms with Crippen molar-refractivity contribution in [2.45, 2.75) is 32.7 Å². The molecule has 0 saturated carbocycles. The monoisotopic (exact) mass is 355 g/mol. The summed E-state index contributed by atoms with van der Waals surface area (Å²) < 4.78 is 23.3. The van der Waals surface area contributed by atoms with Crippen molar-refractivity contribution in [2.75, 3.05) is 34.8 Å². The Labute approximate surface area is 144 Å². The maximum atomic E-state index is 11.6. The molecule has 0 spiro atoms. The second kappa shape index (κ2) is 7.05. The Morgan fingerprint density at radius 2 is 1.87 bits per heavy atom. The van der Waals surface area contributed by atoms with Crippen LogP contribution < -0.4 is 15.5 Å². The van der Waals surface area contributed by atoms with Gasteiger partial charge in [0.2, 0.25) is 0 Å². The Bertz CT molecular complexity index is 654. The molecule has 1 heterocycles. The van der Waals surface area contributed by atoms with Gasteiger partial charge in [0.05, 0.1) is 17.0 Å². The van der Waals surface area contributed by atoms with E-state index in [-0.39, 0.29) is 11.5 Å². The molecule has 7 heteroatoms. The van der Waals surface area contributed by atoms with Crippen LogP contribution in [0, 0.1) is 0 Å². The van der Waals surface area contributed by atoms with E-state index >= 15 is 0 Å². The minimum atomic E-state index is -2.95. The molecule has 1 atom stereocenters. The highest BCUT2D eigenvalue weighted by molar-refractivity contribution is 7.91. The van der Waals surface area contributed by atoms with Crippen LogP contribution in [0.1, 0.15) is 27.2 Å². The molecule has 1 aliphatic heterocycles. The zero-order chi connectivity index (χ0) is 17.1. The average molecular weight is 356 g/mol. The molecule has 23 heavy (non-hydrogen) atoms. The molecule has 0 radical (unpaired) electrons. The summed E-state index contributed by atoms with van der Waals surface area (Å²) in [5.74, 6) is 0.348. The first-order chi connectivity index (χ1) is 10.8. The fourth-order valence-corrected chi connectivity index (χ4v) is 5.35.